The summed E-state index contributed by atoms with van der Waals surface area (Å²) >= 11 is 0. The lowest BCUT2D eigenvalue weighted by Crippen LogP contribution is -2.05. The van der Waals surface area contributed by atoms with E-state index in [-0.39, 0.29) is 6.42 Å². The molecule has 0 spiro atoms. The average Bonchev–Trinajstić information content (AvgIpc) is 3.63. The number of fused-ring (bicyclic) bond motifs is 1. The summed E-state index contributed by atoms with van der Waals surface area (Å²) < 4.78 is 2.38. The predicted molar refractivity (Wildman–Crippen MR) is 141 cm³/mol. The van der Waals surface area contributed by atoms with Gasteiger partial charge in [-0.05, 0) is 57.6 Å². The summed E-state index contributed by atoms with van der Waals surface area (Å²) in [5.74, 6) is -0.107. The first-order valence-corrected chi connectivity index (χ1v) is 12.8. The maximum Gasteiger partial charge on any atom is 0.303 e. The first-order chi connectivity index (χ1) is 17.0. The summed E-state index contributed by atoms with van der Waals surface area (Å²) in [7, 11) is 0. The Labute approximate surface area is 206 Å². The van der Waals surface area contributed by atoms with Crippen molar-refractivity contribution >= 4 is 17.1 Å². The molecule has 5 rings (SSSR count). The monoisotopic (exact) mass is 467 g/mol. The molecule has 0 saturated heterocycles. The number of hydrogen-bond donors (Lipinski definition) is 1. The van der Waals surface area contributed by atoms with Crippen LogP contribution in [0.25, 0.3) is 33.7 Å². The van der Waals surface area contributed by atoms with Crippen molar-refractivity contribution in [3.8, 4) is 22.5 Å². The molecule has 5 heteroatoms. The number of aromatic nitrogens is 3. The Bertz CT molecular complexity index is 1350. The quantitative estimate of drug-likeness (QED) is 0.249. The Balaban J connectivity index is 1.55. The van der Waals surface area contributed by atoms with Crippen molar-refractivity contribution in [3.63, 3.8) is 0 Å². The lowest BCUT2D eigenvalue weighted by Gasteiger charge is -2.13. The third kappa shape index (κ3) is 5.29. The summed E-state index contributed by atoms with van der Waals surface area (Å²) in [6.45, 7) is 5.11. The van der Waals surface area contributed by atoms with Gasteiger partial charge < -0.3 is 9.67 Å². The van der Waals surface area contributed by atoms with Crippen molar-refractivity contribution in [1.82, 2.24) is 14.5 Å². The van der Waals surface area contributed by atoms with Gasteiger partial charge in [0.1, 0.15) is 5.52 Å². The van der Waals surface area contributed by atoms with Crippen LogP contribution in [0, 0.1) is 13.8 Å². The maximum atomic E-state index is 10.8. The number of carbonyl (C=O) groups is 1. The molecule has 2 aromatic heterocycles. The summed E-state index contributed by atoms with van der Waals surface area (Å²) in [5, 5.41) is 8.88. The number of nitrogens with zero attached hydrogens (tertiary/aromatic N) is 3. The molecule has 0 radical (unpaired) electrons. The Morgan fingerprint density at radius 1 is 0.886 bits per heavy atom. The van der Waals surface area contributed by atoms with Crippen LogP contribution < -0.4 is 0 Å². The second-order valence-electron chi connectivity index (χ2n) is 9.92. The number of aryl methyl sites for hydroxylation is 3. The molecule has 0 aliphatic heterocycles. The first kappa shape index (κ1) is 23.3. The van der Waals surface area contributed by atoms with E-state index >= 15 is 0 Å². The summed E-state index contributed by atoms with van der Waals surface area (Å²) in [5.41, 5.74) is 9.73. The van der Waals surface area contributed by atoms with Crippen LogP contribution in [0.1, 0.15) is 67.7 Å². The van der Waals surface area contributed by atoms with Crippen molar-refractivity contribution in [2.75, 3.05) is 0 Å². The van der Waals surface area contributed by atoms with E-state index in [0.717, 1.165) is 65.9 Å². The zero-order valence-corrected chi connectivity index (χ0v) is 20.6. The largest absolute Gasteiger partial charge is 0.481 e. The Kier molecular flexibility index (Phi) is 6.67. The van der Waals surface area contributed by atoms with Crippen LogP contribution in [-0.2, 0) is 11.3 Å². The van der Waals surface area contributed by atoms with E-state index in [4.69, 9.17) is 15.1 Å². The van der Waals surface area contributed by atoms with Gasteiger partial charge in [-0.1, -0.05) is 66.4 Å². The molecule has 1 aliphatic rings. The molecule has 0 bridgehead atoms. The Hall–Kier alpha value is -3.47. The standard InChI is InChI=1S/C30H33N3O2/c1-20-11-13-23(14-12-20)28-29(24-9-7-8-21(2)18-24)31-25-19-26(22-15-16-22)33(30(25)32-28)17-6-4-3-5-10-27(34)35/h7-9,11-14,18-19,22H,3-6,10,15-17H2,1-2H3,(H,34,35). The molecule has 1 fully saturated rings. The summed E-state index contributed by atoms with van der Waals surface area (Å²) in [4.78, 5) is 21.3. The van der Waals surface area contributed by atoms with Crippen LogP contribution in [0.3, 0.4) is 0 Å². The molecule has 1 saturated carbocycles. The molecule has 0 atom stereocenters. The van der Waals surface area contributed by atoms with Gasteiger partial charge in [0.25, 0.3) is 0 Å². The van der Waals surface area contributed by atoms with E-state index in [2.05, 4.69) is 73.0 Å². The minimum atomic E-state index is -0.708. The highest BCUT2D eigenvalue weighted by Gasteiger charge is 2.29. The first-order valence-electron chi connectivity index (χ1n) is 12.8. The molecule has 2 heterocycles. The lowest BCUT2D eigenvalue weighted by atomic mass is 10.0. The van der Waals surface area contributed by atoms with Crippen molar-refractivity contribution in [2.45, 2.75) is 71.3 Å². The van der Waals surface area contributed by atoms with Gasteiger partial charge in [0.15, 0.2) is 5.65 Å². The third-order valence-corrected chi connectivity index (χ3v) is 6.89. The zero-order valence-electron chi connectivity index (χ0n) is 20.6. The van der Waals surface area contributed by atoms with Gasteiger partial charge in [-0.25, -0.2) is 9.97 Å². The molecule has 35 heavy (non-hydrogen) atoms. The topological polar surface area (TPSA) is 68.0 Å². The molecule has 2 aromatic carbocycles. The van der Waals surface area contributed by atoms with Crippen LogP contribution in [-0.4, -0.2) is 25.6 Å². The lowest BCUT2D eigenvalue weighted by molar-refractivity contribution is -0.137. The van der Waals surface area contributed by atoms with E-state index in [1.807, 2.05) is 0 Å². The Morgan fingerprint density at radius 3 is 2.34 bits per heavy atom. The highest BCUT2D eigenvalue weighted by molar-refractivity contribution is 5.86. The van der Waals surface area contributed by atoms with Gasteiger partial charge in [-0.15, -0.1) is 0 Å². The van der Waals surface area contributed by atoms with Gasteiger partial charge in [0.2, 0.25) is 0 Å². The minimum Gasteiger partial charge on any atom is -0.481 e. The fourth-order valence-corrected chi connectivity index (χ4v) is 4.83. The minimum absolute atomic E-state index is 0.257. The molecule has 1 aliphatic carbocycles. The summed E-state index contributed by atoms with van der Waals surface area (Å²) in [6.07, 6.45) is 6.44. The van der Waals surface area contributed by atoms with E-state index in [1.165, 1.54) is 29.7 Å². The van der Waals surface area contributed by atoms with Crippen LogP contribution >= 0.6 is 0 Å². The number of aliphatic carboxylic acids is 1. The number of rotatable bonds is 10. The fourth-order valence-electron chi connectivity index (χ4n) is 4.83. The van der Waals surface area contributed by atoms with Crippen molar-refractivity contribution in [3.05, 3.63) is 71.4 Å². The zero-order chi connectivity index (χ0) is 24.4. The second kappa shape index (κ2) is 10.0. The van der Waals surface area contributed by atoms with Gasteiger partial charge in [-0.3, -0.25) is 4.79 Å². The van der Waals surface area contributed by atoms with Crippen LogP contribution in [0.5, 0.6) is 0 Å². The number of carboxylic acids is 1. The SMILES string of the molecule is Cc1ccc(-c2nc3c(cc(C4CC4)n3CCCCCCC(=O)O)nc2-c2cccc(C)c2)cc1. The molecule has 0 unspecified atom stereocenters. The molecule has 5 nitrogen and oxygen atoms in total. The van der Waals surface area contributed by atoms with Gasteiger partial charge in [0, 0.05) is 29.8 Å². The van der Waals surface area contributed by atoms with E-state index in [0.29, 0.717) is 5.92 Å². The fraction of sp³-hybridized carbons (Fsp3) is 0.367. The van der Waals surface area contributed by atoms with Gasteiger partial charge in [-0.2, -0.15) is 0 Å². The molecule has 4 aromatic rings. The number of carboxylic acid groups (broad SMARTS) is 1. The van der Waals surface area contributed by atoms with E-state index < -0.39 is 5.97 Å². The average molecular weight is 468 g/mol. The number of unbranched alkanes of at least 4 members (excludes halogenated alkanes) is 3. The Morgan fingerprint density at radius 2 is 1.63 bits per heavy atom. The summed E-state index contributed by atoms with van der Waals surface area (Å²) in [6, 6.07) is 19.3. The number of benzene rings is 2. The predicted octanol–water partition coefficient (Wildman–Crippen LogP) is 7.29. The van der Waals surface area contributed by atoms with Gasteiger partial charge >= 0.3 is 5.97 Å². The van der Waals surface area contributed by atoms with Crippen LogP contribution in [0.4, 0.5) is 0 Å². The molecule has 180 valence electrons. The number of hydrogen-bond acceptors (Lipinski definition) is 3. The second-order valence-corrected chi connectivity index (χ2v) is 9.92. The molecule has 1 N–H and O–H groups in total. The van der Waals surface area contributed by atoms with Crippen LogP contribution in [0.15, 0.2) is 54.6 Å². The van der Waals surface area contributed by atoms with Crippen LogP contribution in [0.2, 0.25) is 0 Å². The maximum absolute atomic E-state index is 10.8. The van der Waals surface area contributed by atoms with E-state index in [1.54, 1.807) is 0 Å². The van der Waals surface area contributed by atoms with E-state index in [9.17, 15) is 4.79 Å². The van der Waals surface area contributed by atoms with Gasteiger partial charge in [0.05, 0.1) is 11.4 Å². The van der Waals surface area contributed by atoms with Crippen molar-refractivity contribution in [2.24, 2.45) is 0 Å². The molecular weight excluding hydrogens is 434 g/mol. The van der Waals surface area contributed by atoms with Crippen molar-refractivity contribution in [1.29, 1.82) is 0 Å². The normalized spacial score (nSPS) is 13.4. The highest BCUT2D eigenvalue weighted by Crippen LogP contribution is 2.43. The molecular formula is C30H33N3O2. The van der Waals surface area contributed by atoms with Crippen molar-refractivity contribution < 1.29 is 9.90 Å². The third-order valence-electron chi connectivity index (χ3n) is 6.89. The highest BCUT2D eigenvalue weighted by atomic mass is 16.4. The smallest absolute Gasteiger partial charge is 0.303 e. The molecule has 0 amide bonds.